The number of amides is 1. The fourth-order valence-corrected chi connectivity index (χ4v) is 4.04. The van der Waals surface area contributed by atoms with Gasteiger partial charge in [-0.1, -0.05) is 36.4 Å². The summed E-state index contributed by atoms with van der Waals surface area (Å²) in [7, 11) is 1.70. The molecule has 0 unspecified atom stereocenters. The topological polar surface area (TPSA) is 59.5 Å². The van der Waals surface area contributed by atoms with E-state index in [2.05, 4.69) is 4.98 Å². The first-order valence-corrected chi connectivity index (χ1v) is 9.70. The number of nitrogens with zero attached hydrogens (tertiary/aromatic N) is 2. The second-order valence-electron chi connectivity index (χ2n) is 5.70. The highest BCUT2D eigenvalue weighted by molar-refractivity contribution is 7.17. The van der Waals surface area contributed by atoms with Crippen molar-refractivity contribution < 1.29 is 14.3 Å². The van der Waals surface area contributed by atoms with E-state index in [1.807, 2.05) is 47.8 Å². The zero-order valence-corrected chi connectivity index (χ0v) is 16.1. The van der Waals surface area contributed by atoms with Crippen LogP contribution in [0, 0.1) is 6.92 Å². The van der Waals surface area contributed by atoms with Crippen LogP contribution in [0.3, 0.4) is 0 Å². The molecule has 0 aliphatic heterocycles. The molecule has 0 aliphatic rings. The Morgan fingerprint density at radius 2 is 1.92 bits per heavy atom. The lowest BCUT2D eigenvalue weighted by Crippen LogP contribution is -2.30. The number of esters is 1. The van der Waals surface area contributed by atoms with E-state index in [4.69, 9.17) is 4.74 Å². The molecule has 26 heavy (non-hydrogen) atoms. The summed E-state index contributed by atoms with van der Waals surface area (Å²) in [4.78, 5) is 32.0. The van der Waals surface area contributed by atoms with Crippen LogP contribution in [0.5, 0.6) is 0 Å². The van der Waals surface area contributed by atoms with Crippen molar-refractivity contribution in [2.75, 3.05) is 13.7 Å². The predicted octanol–water partition coefficient (Wildman–Crippen LogP) is 4.00. The molecular weight excluding hydrogens is 368 g/mol. The molecule has 3 rings (SSSR count). The number of carbonyl (C=O) groups excluding carboxylic acids is 2. The van der Waals surface area contributed by atoms with Gasteiger partial charge < -0.3 is 9.64 Å². The number of thiophene rings is 1. The molecule has 2 heterocycles. The third-order valence-electron chi connectivity index (χ3n) is 3.73. The molecule has 3 aromatic rings. The summed E-state index contributed by atoms with van der Waals surface area (Å²) in [5.41, 5.74) is 1.56. The number of benzene rings is 1. The Kier molecular flexibility index (Phi) is 5.80. The number of rotatable bonds is 6. The monoisotopic (exact) mass is 386 g/mol. The molecule has 2 aromatic heterocycles. The third-order valence-corrected chi connectivity index (χ3v) is 5.78. The standard InChI is InChI=1S/C19H18N2O3S2/c1-13-17(26-18(20-13)14-7-4-3-5-8-14)19(23)24-12-16(22)21(2)11-15-9-6-10-25-15/h3-10H,11-12H2,1-2H3. The number of hydrogen-bond acceptors (Lipinski definition) is 6. The fraction of sp³-hybridized carbons (Fsp3) is 0.211. The predicted molar refractivity (Wildman–Crippen MR) is 103 cm³/mol. The summed E-state index contributed by atoms with van der Waals surface area (Å²) in [6, 6.07) is 13.6. The van der Waals surface area contributed by atoms with Crippen molar-refractivity contribution in [3.05, 3.63) is 63.3 Å². The molecular formula is C19H18N2O3S2. The van der Waals surface area contributed by atoms with Crippen LogP contribution in [-0.2, 0) is 16.1 Å². The summed E-state index contributed by atoms with van der Waals surface area (Å²) >= 11 is 2.86. The number of ether oxygens (including phenoxy) is 1. The summed E-state index contributed by atoms with van der Waals surface area (Å²) in [5, 5.41) is 2.72. The van der Waals surface area contributed by atoms with Gasteiger partial charge in [0.1, 0.15) is 9.88 Å². The summed E-state index contributed by atoms with van der Waals surface area (Å²) in [5.74, 6) is -0.753. The molecule has 0 fully saturated rings. The van der Waals surface area contributed by atoms with Gasteiger partial charge in [-0.2, -0.15) is 0 Å². The van der Waals surface area contributed by atoms with Crippen molar-refractivity contribution in [1.29, 1.82) is 0 Å². The fourth-order valence-electron chi connectivity index (χ4n) is 2.32. The molecule has 1 aromatic carbocycles. The highest BCUT2D eigenvalue weighted by Gasteiger charge is 2.19. The van der Waals surface area contributed by atoms with Gasteiger partial charge in [-0.25, -0.2) is 9.78 Å². The smallest absolute Gasteiger partial charge is 0.350 e. The number of carbonyl (C=O) groups is 2. The van der Waals surface area contributed by atoms with E-state index in [0.29, 0.717) is 17.1 Å². The molecule has 5 nitrogen and oxygen atoms in total. The highest BCUT2D eigenvalue weighted by atomic mass is 32.1. The lowest BCUT2D eigenvalue weighted by Gasteiger charge is -2.15. The Balaban J connectivity index is 1.60. The van der Waals surface area contributed by atoms with Gasteiger partial charge in [0.15, 0.2) is 6.61 Å². The van der Waals surface area contributed by atoms with Crippen LogP contribution in [0.2, 0.25) is 0 Å². The normalized spacial score (nSPS) is 10.5. The number of aromatic nitrogens is 1. The van der Waals surface area contributed by atoms with Gasteiger partial charge in [0.25, 0.3) is 5.91 Å². The van der Waals surface area contributed by atoms with Gasteiger partial charge >= 0.3 is 5.97 Å². The second kappa shape index (κ2) is 8.25. The van der Waals surface area contributed by atoms with Gasteiger partial charge in [0.05, 0.1) is 12.2 Å². The maximum absolute atomic E-state index is 12.3. The maximum atomic E-state index is 12.3. The van der Waals surface area contributed by atoms with Crippen molar-refractivity contribution in [2.24, 2.45) is 0 Å². The molecule has 0 saturated carbocycles. The van der Waals surface area contributed by atoms with E-state index in [1.54, 1.807) is 30.2 Å². The lowest BCUT2D eigenvalue weighted by atomic mass is 10.2. The van der Waals surface area contributed by atoms with Crippen molar-refractivity contribution in [3.63, 3.8) is 0 Å². The largest absolute Gasteiger partial charge is 0.451 e. The molecule has 1 amide bonds. The zero-order chi connectivity index (χ0) is 18.5. The van der Waals surface area contributed by atoms with E-state index in [9.17, 15) is 9.59 Å². The summed E-state index contributed by atoms with van der Waals surface area (Å²) in [6.45, 7) is 1.99. The van der Waals surface area contributed by atoms with E-state index < -0.39 is 5.97 Å². The van der Waals surface area contributed by atoms with Gasteiger partial charge in [0.2, 0.25) is 0 Å². The van der Waals surface area contributed by atoms with E-state index in [0.717, 1.165) is 15.4 Å². The molecule has 0 saturated heterocycles. The van der Waals surface area contributed by atoms with E-state index in [-0.39, 0.29) is 12.5 Å². The highest BCUT2D eigenvalue weighted by Crippen LogP contribution is 2.28. The molecule has 134 valence electrons. The quantitative estimate of drug-likeness (QED) is 0.601. The lowest BCUT2D eigenvalue weighted by molar-refractivity contribution is -0.133. The van der Waals surface area contributed by atoms with Crippen LogP contribution in [0.1, 0.15) is 20.2 Å². The van der Waals surface area contributed by atoms with Crippen molar-refractivity contribution in [3.8, 4) is 10.6 Å². The van der Waals surface area contributed by atoms with Crippen LogP contribution < -0.4 is 0 Å². The van der Waals surface area contributed by atoms with Gasteiger partial charge in [-0.3, -0.25) is 4.79 Å². The SMILES string of the molecule is Cc1nc(-c2ccccc2)sc1C(=O)OCC(=O)N(C)Cc1cccs1. The van der Waals surface area contributed by atoms with Crippen molar-refractivity contribution in [2.45, 2.75) is 13.5 Å². The molecule has 0 atom stereocenters. The Bertz CT molecular complexity index is 889. The molecule has 0 N–H and O–H groups in total. The first kappa shape index (κ1) is 18.3. The Hall–Kier alpha value is -2.51. The molecule has 0 bridgehead atoms. The molecule has 7 heteroatoms. The first-order valence-electron chi connectivity index (χ1n) is 8.01. The average molecular weight is 386 g/mol. The second-order valence-corrected chi connectivity index (χ2v) is 7.74. The number of aryl methyl sites for hydroxylation is 1. The number of likely N-dealkylation sites (N-methyl/N-ethyl adjacent to an activating group) is 1. The minimum absolute atomic E-state index is 0.239. The van der Waals surface area contributed by atoms with Crippen molar-refractivity contribution in [1.82, 2.24) is 9.88 Å². The summed E-state index contributed by atoms with van der Waals surface area (Å²) in [6.07, 6.45) is 0. The Morgan fingerprint density at radius 3 is 2.62 bits per heavy atom. The molecule has 0 radical (unpaired) electrons. The average Bonchev–Trinajstić information content (AvgIpc) is 3.29. The number of thiazole rings is 1. The third kappa shape index (κ3) is 4.36. The molecule has 0 aliphatic carbocycles. The first-order chi connectivity index (χ1) is 12.5. The van der Waals surface area contributed by atoms with E-state index in [1.165, 1.54) is 11.3 Å². The summed E-state index contributed by atoms with van der Waals surface area (Å²) < 4.78 is 5.20. The zero-order valence-electron chi connectivity index (χ0n) is 14.5. The van der Waals surface area contributed by atoms with Gasteiger partial charge in [-0.05, 0) is 18.4 Å². The van der Waals surface area contributed by atoms with Crippen LogP contribution >= 0.6 is 22.7 Å². The Labute approximate surface area is 159 Å². The van der Waals surface area contributed by atoms with Crippen LogP contribution in [0.15, 0.2) is 47.8 Å². The minimum atomic E-state index is -0.514. The Morgan fingerprint density at radius 1 is 1.15 bits per heavy atom. The van der Waals surface area contributed by atoms with E-state index >= 15 is 0 Å². The van der Waals surface area contributed by atoms with Crippen LogP contribution in [-0.4, -0.2) is 35.4 Å². The maximum Gasteiger partial charge on any atom is 0.350 e. The molecule has 0 spiro atoms. The van der Waals surface area contributed by atoms with Gasteiger partial charge in [0, 0.05) is 17.5 Å². The van der Waals surface area contributed by atoms with Crippen LogP contribution in [0.4, 0.5) is 0 Å². The van der Waals surface area contributed by atoms with Crippen molar-refractivity contribution >= 4 is 34.6 Å². The minimum Gasteiger partial charge on any atom is -0.451 e. The van der Waals surface area contributed by atoms with Crippen LogP contribution in [0.25, 0.3) is 10.6 Å². The van der Waals surface area contributed by atoms with Gasteiger partial charge in [-0.15, -0.1) is 22.7 Å². The number of hydrogen-bond donors (Lipinski definition) is 0.